The summed E-state index contributed by atoms with van der Waals surface area (Å²) < 4.78 is 38.6. The zero-order valence-corrected chi connectivity index (χ0v) is 15.9. The lowest BCUT2D eigenvalue weighted by Gasteiger charge is -2.12. The van der Waals surface area contributed by atoms with E-state index in [1.54, 1.807) is 12.1 Å². The van der Waals surface area contributed by atoms with Crippen LogP contribution in [0.5, 0.6) is 0 Å². The number of hydrogen-bond donors (Lipinski definition) is 1. The van der Waals surface area contributed by atoms with Gasteiger partial charge in [-0.2, -0.15) is 4.37 Å². The maximum atomic E-state index is 14.3. The first-order chi connectivity index (χ1) is 12.5. The lowest BCUT2D eigenvalue weighted by Crippen LogP contribution is -2.14. The number of benzene rings is 2. The summed E-state index contributed by atoms with van der Waals surface area (Å²) in [5.41, 5.74) is 1.03. The van der Waals surface area contributed by atoms with Crippen LogP contribution in [-0.4, -0.2) is 35.1 Å². The highest BCUT2D eigenvalue weighted by Crippen LogP contribution is 2.31. The van der Waals surface area contributed by atoms with Gasteiger partial charge in [0.25, 0.3) is 0 Å². The highest BCUT2D eigenvalue weighted by atomic mass is 79.9. The van der Waals surface area contributed by atoms with E-state index in [1.807, 2.05) is 0 Å². The molecule has 4 nitrogen and oxygen atoms in total. The average molecular weight is 442 g/mol. The Hall–Kier alpha value is -1.74. The van der Waals surface area contributed by atoms with E-state index in [0.29, 0.717) is 25.7 Å². The molecule has 0 bridgehead atoms. The van der Waals surface area contributed by atoms with Gasteiger partial charge in [-0.25, -0.2) is 8.78 Å². The second kappa shape index (κ2) is 8.30. The molecule has 0 aliphatic rings. The number of hydrogen-bond acceptors (Lipinski definition) is 5. The standard InChI is InChI=1S/C18H14BrF2NO3S/c19-11-2-1-10(15(20)6-11)5-12-13(17(24)9-25-4-3-23)7-16(21)18-14(12)8-22-26-18/h1-2,6-8,23H,3-5,9H2. The molecule has 0 fully saturated rings. The quantitative estimate of drug-likeness (QED) is 0.442. The zero-order chi connectivity index (χ0) is 18.7. The van der Waals surface area contributed by atoms with Gasteiger partial charge in [-0.05, 0) is 40.9 Å². The average Bonchev–Trinajstić information content (AvgIpc) is 3.09. The van der Waals surface area contributed by atoms with Crippen molar-refractivity contribution >= 4 is 43.3 Å². The molecule has 2 aromatic carbocycles. The highest BCUT2D eigenvalue weighted by molar-refractivity contribution is 9.10. The van der Waals surface area contributed by atoms with Crippen LogP contribution in [0, 0.1) is 11.6 Å². The van der Waals surface area contributed by atoms with Crippen LogP contribution in [0.25, 0.3) is 10.1 Å². The van der Waals surface area contributed by atoms with Crippen molar-refractivity contribution in [2.24, 2.45) is 0 Å². The lowest BCUT2D eigenvalue weighted by molar-refractivity contribution is 0.0663. The molecule has 0 radical (unpaired) electrons. The van der Waals surface area contributed by atoms with Crippen LogP contribution in [0.1, 0.15) is 21.5 Å². The molecule has 0 saturated carbocycles. The molecule has 136 valence electrons. The Morgan fingerprint density at radius 2 is 2.08 bits per heavy atom. The largest absolute Gasteiger partial charge is 0.394 e. The number of ketones is 1. The predicted octanol–water partition coefficient (Wildman–Crippen LogP) is 4.12. The van der Waals surface area contributed by atoms with Gasteiger partial charge in [0, 0.05) is 28.0 Å². The molecular formula is C18H14BrF2NO3S. The molecular weight excluding hydrogens is 428 g/mol. The number of carbonyl (C=O) groups is 1. The van der Waals surface area contributed by atoms with Crippen molar-refractivity contribution in [3.63, 3.8) is 0 Å². The molecule has 1 N–H and O–H groups in total. The summed E-state index contributed by atoms with van der Waals surface area (Å²) in [7, 11) is 0. The molecule has 1 heterocycles. The van der Waals surface area contributed by atoms with Gasteiger partial charge in [0.15, 0.2) is 5.78 Å². The van der Waals surface area contributed by atoms with E-state index in [2.05, 4.69) is 20.3 Å². The Kier molecular flexibility index (Phi) is 6.08. The van der Waals surface area contributed by atoms with Gasteiger partial charge in [0.2, 0.25) is 0 Å². The van der Waals surface area contributed by atoms with Crippen molar-refractivity contribution < 1.29 is 23.4 Å². The molecule has 0 aliphatic heterocycles. The molecule has 0 unspecified atom stereocenters. The monoisotopic (exact) mass is 441 g/mol. The van der Waals surface area contributed by atoms with E-state index in [0.717, 1.165) is 17.6 Å². The van der Waals surface area contributed by atoms with Crippen molar-refractivity contribution in [3.8, 4) is 0 Å². The first-order valence-electron chi connectivity index (χ1n) is 7.72. The number of aromatic nitrogens is 1. The number of halogens is 3. The minimum Gasteiger partial charge on any atom is -0.394 e. The van der Waals surface area contributed by atoms with Gasteiger partial charge in [0.05, 0.1) is 17.9 Å². The first-order valence-corrected chi connectivity index (χ1v) is 9.29. The van der Waals surface area contributed by atoms with Crippen molar-refractivity contribution in [2.75, 3.05) is 19.8 Å². The minimum absolute atomic E-state index is 0.00709. The summed E-state index contributed by atoms with van der Waals surface area (Å²) >= 11 is 4.19. The lowest BCUT2D eigenvalue weighted by atomic mass is 9.94. The smallest absolute Gasteiger partial charge is 0.188 e. The molecule has 0 aliphatic carbocycles. The number of nitrogens with zero attached hydrogens (tertiary/aromatic N) is 1. The topological polar surface area (TPSA) is 59.4 Å². The van der Waals surface area contributed by atoms with Gasteiger partial charge in [-0.1, -0.05) is 22.0 Å². The number of ether oxygens (including phenoxy) is 1. The van der Waals surface area contributed by atoms with Crippen LogP contribution < -0.4 is 0 Å². The summed E-state index contributed by atoms with van der Waals surface area (Å²) in [6.45, 7) is -0.502. The second-order valence-electron chi connectivity index (χ2n) is 5.56. The summed E-state index contributed by atoms with van der Waals surface area (Å²) in [6.07, 6.45) is 1.61. The SMILES string of the molecule is O=C(COCCO)c1cc(F)c2sncc2c1Cc1ccc(Br)cc1F. The summed E-state index contributed by atoms with van der Waals surface area (Å²) in [5.74, 6) is -1.40. The van der Waals surface area contributed by atoms with E-state index in [9.17, 15) is 13.6 Å². The summed E-state index contributed by atoms with van der Waals surface area (Å²) in [4.78, 5) is 12.5. The van der Waals surface area contributed by atoms with Gasteiger partial charge >= 0.3 is 0 Å². The Morgan fingerprint density at radius 3 is 2.81 bits per heavy atom. The van der Waals surface area contributed by atoms with E-state index in [4.69, 9.17) is 9.84 Å². The molecule has 26 heavy (non-hydrogen) atoms. The zero-order valence-electron chi connectivity index (χ0n) is 13.5. The predicted molar refractivity (Wildman–Crippen MR) is 98.7 cm³/mol. The van der Waals surface area contributed by atoms with E-state index >= 15 is 0 Å². The third-order valence-electron chi connectivity index (χ3n) is 3.86. The van der Waals surface area contributed by atoms with Gasteiger partial charge in [-0.15, -0.1) is 0 Å². The summed E-state index contributed by atoms with van der Waals surface area (Å²) in [6, 6.07) is 5.81. The number of Topliss-reactive ketones (excluding diaryl/α,β-unsaturated/α-hetero) is 1. The van der Waals surface area contributed by atoms with Crippen molar-refractivity contribution in [3.05, 3.63) is 63.3 Å². The summed E-state index contributed by atoms with van der Waals surface area (Å²) in [5, 5.41) is 9.25. The molecule has 0 saturated heterocycles. The van der Waals surface area contributed by atoms with Crippen molar-refractivity contribution in [1.82, 2.24) is 4.37 Å². The minimum atomic E-state index is -0.548. The first kappa shape index (κ1) is 19.0. The fourth-order valence-corrected chi connectivity index (χ4v) is 3.67. The van der Waals surface area contributed by atoms with Crippen LogP contribution in [-0.2, 0) is 11.2 Å². The highest BCUT2D eigenvalue weighted by Gasteiger charge is 2.20. The molecule has 3 aromatic rings. The third kappa shape index (κ3) is 3.98. The maximum Gasteiger partial charge on any atom is 0.188 e. The van der Waals surface area contributed by atoms with Gasteiger partial charge in [-0.3, -0.25) is 4.79 Å². The van der Waals surface area contributed by atoms with Crippen LogP contribution in [0.2, 0.25) is 0 Å². The normalized spacial score (nSPS) is 11.2. The van der Waals surface area contributed by atoms with Crippen LogP contribution in [0.4, 0.5) is 8.78 Å². The maximum absolute atomic E-state index is 14.3. The fourth-order valence-electron chi connectivity index (χ4n) is 2.65. The number of rotatable bonds is 7. The molecule has 8 heteroatoms. The van der Waals surface area contributed by atoms with Crippen molar-refractivity contribution in [1.29, 1.82) is 0 Å². The van der Waals surface area contributed by atoms with E-state index in [-0.39, 0.29) is 31.8 Å². The van der Waals surface area contributed by atoms with Gasteiger partial charge < -0.3 is 9.84 Å². The van der Waals surface area contributed by atoms with E-state index < -0.39 is 17.4 Å². The molecule has 1 aromatic heterocycles. The van der Waals surface area contributed by atoms with Crippen LogP contribution >= 0.6 is 27.5 Å². The van der Waals surface area contributed by atoms with Crippen molar-refractivity contribution in [2.45, 2.75) is 6.42 Å². The number of carbonyl (C=O) groups excluding carboxylic acids is 1. The number of aliphatic hydroxyl groups excluding tert-OH is 1. The fraction of sp³-hybridized carbons (Fsp3) is 0.222. The Balaban J connectivity index is 2.06. The Labute approximate surface area is 160 Å². The van der Waals surface area contributed by atoms with E-state index in [1.165, 1.54) is 12.3 Å². The molecule has 3 rings (SSSR count). The van der Waals surface area contributed by atoms with Crippen LogP contribution in [0.3, 0.4) is 0 Å². The third-order valence-corrected chi connectivity index (χ3v) is 5.16. The van der Waals surface area contributed by atoms with Crippen LogP contribution in [0.15, 0.2) is 34.9 Å². The Bertz CT molecular complexity index is 961. The second-order valence-corrected chi connectivity index (χ2v) is 7.28. The number of aliphatic hydroxyl groups is 1. The van der Waals surface area contributed by atoms with Gasteiger partial charge in [0.1, 0.15) is 18.2 Å². The molecule has 0 amide bonds. The molecule has 0 atom stereocenters. The number of fused-ring (bicyclic) bond motifs is 1. The Morgan fingerprint density at radius 1 is 1.27 bits per heavy atom. The molecule has 0 spiro atoms.